The molecule has 3 aliphatic rings. The SMILES string of the molecule is CCN(C=C(C(=O)OC1CC(C)(C)NC(C)(C)C1)C(=O)OC1CC(C)(C)NC(C)(C)C1)C1CC(C)(C)NC(C)(C)C1. The van der Waals surface area contributed by atoms with E-state index in [9.17, 15) is 9.59 Å². The van der Waals surface area contributed by atoms with Crippen LogP contribution in [0, 0.1) is 0 Å². The van der Waals surface area contributed by atoms with Gasteiger partial charge in [-0.25, -0.2) is 9.59 Å². The van der Waals surface area contributed by atoms with Gasteiger partial charge in [0.2, 0.25) is 0 Å². The summed E-state index contributed by atoms with van der Waals surface area (Å²) in [5.41, 5.74) is -0.920. The molecule has 0 radical (unpaired) electrons. The number of nitrogens with zero attached hydrogens (tertiary/aromatic N) is 1. The first-order chi connectivity index (χ1) is 18.4. The van der Waals surface area contributed by atoms with E-state index < -0.39 is 11.9 Å². The number of hydrogen-bond acceptors (Lipinski definition) is 8. The highest BCUT2D eigenvalue weighted by atomic mass is 16.6. The minimum atomic E-state index is -0.591. The minimum absolute atomic E-state index is 0.00992. The van der Waals surface area contributed by atoms with Gasteiger partial charge in [0.1, 0.15) is 12.2 Å². The standard InChI is InChI=1S/C33H60N4O4/c1-14-37(22-15-28(2,3)34-29(4,5)16-22)21-25(26(38)40-23-17-30(6,7)35-31(8,9)18-23)27(39)41-24-19-32(10,11)36-33(12,13)20-24/h21-24,34-36H,14-20H2,1-13H3. The van der Waals surface area contributed by atoms with E-state index in [1.165, 1.54) is 0 Å². The van der Waals surface area contributed by atoms with Gasteiger partial charge in [0.25, 0.3) is 0 Å². The predicted molar refractivity (Wildman–Crippen MR) is 166 cm³/mol. The van der Waals surface area contributed by atoms with Crippen LogP contribution in [0.4, 0.5) is 0 Å². The van der Waals surface area contributed by atoms with E-state index in [0.717, 1.165) is 12.8 Å². The summed E-state index contributed by atoms with van der Waals surface area (Å²) in [5.74, 6) is -1.18. The molecule has 0 bridgehead atoms. The Morgan fingerprint density at radius 2 is 0.902 bits per heavy atom. The van der Waals surface area contributed by atoms with Gasteiger partial charge in [-0.05, 0) is 103 Å². The van der Waals surface area contributed by atoms with Gasteiger partial charge in [0.15, 0.2) is 5.57 Å². The van der Waals surface area contributed by atoms with Crippen LogP contribution < -0.4 is 16.0 Å². The molecule has 3 rings (SSSR count). The monoisotopic (exact) mass is 576 g/mol. The van der Waals surface area contributed by atoms with Gasteiger partial charge >= 0.3 is 11.9 Å². The van der Waals surface area contributed by atoms with Crippen molar-refractivity contribution >= 4 is 11.9 Å². The maximum atomic E-state index is 13.9. The summed E-state index contributed by atoms with van der Waals surface area (Å²) in [6.45, 7) is 28.6. The molecule has 0 unspecified atom stereocenters. The molecule has 236 valence electrons. The van der Waals surface area contributed by atoms with Gasteiger partial charge in [0, 0.05) is 77.7 Å². The Bertz CT molecular complexity index is 909. The van der Waals surface area contributed by atoms with E-state index in [1.807, 2.05) is 0 Å². The molecule has 3 N–H and O–H groups in total. The summed E-state index contributed by atoms with van der Waals surface area (Å²) < 4.78 is 12.3. The Morgan fingerprint density at radius 3 is 1.20 bits per heavy atom. The van der Waals surface area contributed by atoms with Crippen LogP contribution in [0.2, 0.25) is 0 Å². The third-order valence-corrected chi connectivity index (χ3v) is 8.59. The first-order valence-corrected chi connectivity index (χ1v) is 15.7. The normalized spacial score (nSPS) is 27.0. The lowest BCUT2D eigenvalue weighted by molar-refractivity contribution is -0.156. The second-order valence-electron chi connectivity index (χ2n) is 17.0. The van der Waals surface area contributed by atoms with Crippen molar-refractivity contribution in [2.24, 2.45) is 0 Å². The molecule has 0 aromatic carbocycles. The summed E-state index contributed by atoms with van der Waals surface area (Å²) in [6, 6.07) is 0.162. The smallest absolute Gasteiger partial charge is 0.347 e. The molecular formula is C33H60N4O4. The third kappa shape index (κ3) is 9.69. The minimum Gasteiger partial charge on any atom is -0.458 e. The summed E-state index contributed by atoms with van der Waals surface area (Å²) in [4.78, 5) is 29.9. The molecule has 8 nitrogen and oxygen atoms in total. The van der Waals surface area contributed by atoms with E-state index in [1.54, 1.807) is 6.20 Å². The molecule has 0 amide bonds. The number of nitrogens with one attached hydrogen (secondary N) is 3. The van der Waals surface area contributed by atoms with Crippen molar-refractivity contribution in [3.05, 3.63) is 11.8 Å². The molecule has 0 aromatic rings. The lowest BCUT2D eigenvalue weighted by atomic mass is 9.79. The fourth-order valence-electron chi connectivity index (χ4n) is 8.37. The second-order valence-corrected chi connectivity index (χ2v) is 17.0. The van der Waals surface area contributed by atoms with Crippen molar-refractivity contribution in [3.8, 4) is 0 Å². The van der Waals surface area contributed by atoms with Gasteiger partial charge in [0.05, 0.1) is 0 Å². The number of esters is 2. The quantitative estimate of drug-likeness (QED) is 0.165. The molecule has 8 heteroatoms. The Labute approximate surface area is 250 Å². The average molecular weight is 577 g/mol. The van der Waals surface area contributed by atoms with Crippen LogP contribution in [0.25, 0.3) is 0 Å². The number of carbonyl (C=O) groups excluding carboxylic acids is 2. The second kappa shape index (κ2) is 11.5. The zero-order valence-corrected chi connectivity index (χ0v) is 28.3. The summed E-state index contributed by atoms with van der Waals surface area (Å²) in [7, 11) is 0. The van der Waals surface area contributed by atoms with Crippen molar-refractivity contribution in [2.75, 3.05) is 6.54 Å². The molecule has 0 aromatic heterocycles. The van der Waals surface area contributed by atoms with Gasteiger partial charge in [-0.15, -0.1) is 0 Å². The topological polar surface area (TPSA) is 91.9 Å². The molecule has 0 spiro atoms. The zero-order chi connectivity index (χ0) is 31.2. The highest BCUT2D eigenvalue weighted by Crippen LogP contribution is 2.34. The van der Waals surface area contributed by atoms with Gasteiger partial charge in [-0.3, -0.25) is 0 Å². The maximum absolute atomic E-state index is 13.9. The highest BCUT2D eigenvalue weighted by molar-refractivity contribution is 6.14. The van der Waals surface area contributed by atoms with Crippen LogP contribution in [-0.2, 0) is 19.1 Å². The number of ether oxygens (including phenoxy) is 2. The summed E-state index contributed by atoms with van der Waals surface area (Å²) >= 11 is 0. The van der Waals surface area contributed by atoms with E-state index in [2.05, 4.69) is 111 Å². The van der Waals surface area contributed by atoms with Crippen LogP contribution in [0.3, 0.4) is 0 Å². The van der Waals surface area contributed by atoms with Crippen molar-refractivity contribution in [2.45, 2.75) is 180 Å². The number of hydrogen-bond donors (Lipinski definition) is 3. The van der Waals surface area contributed by atoms with Crippen LogP contribution in [0.5, 0.6) is 0 Å². The summed E-state index contributed by atoms with van der Waals surface area (Å²) in [5, 5.41) is 11.0. The number of piperidine rings is 3. The Kier molecular flexibility index (Phi) is 9.46. The lowest BCUT2D eigenvalue weighted by Crippen LogP contribution is -2.61. The number of carbonyl (C=O) groups is 2. The molecule has 0 atom stereocenters. The molecule has 3 fully saturated rings. The molecule has 0 aliphatic carbocycles. The molecule has 3 aliphatic heterocycles. The molecular weight excluding hydrogens is 516 g/mol. The van der Waals surface area contributed by atoms with E-state index >= 15 is 0 Å². The van der Waals surface area contributed by atoms with Crippen molar-refractivity contribution in [1.82, 2.24) is 20.9 Å². The number of rotatable bonds is 7. The Balaban J connectivity index is 1.92. The van der Waals surface area contributed by atoms with Crippen molar-refractivity contribution < 1.29 is 19.1 Å². The Hall–Kier alpha value is -1.64. The van der Waals surface area contributed by atoms with Crippen molar-refractivity contribution in [3.63, 3.8) is 0 Å². The van der Waals surface area contributed by atoms with Crippen molar-refractivity contribution in [1.29, 1.82) is 0 Å². The maximum Gasteiger partial charge on any atom is 0.347 e. The van der Waals surface area contributed by atoms with Crippen LogP contribution >= 0.6 is 0 Å². The first kappa shape index (κ1) is 33.9. The third-order valence-electron chi connectivity index (χ3n) is 8.59. The first-order valence-electron chi connectivity index (χ1n) is 15.7. The van der Waals surface area contributed by atoms with Crippen LogP contribution in [0.1, 0.15) is 129 Å². The van der Waals surface area contributed by atoms with E-state index in [4.69, 9.17) is 9.47 Å². The van der Waals surface area contributed by atoms with Crippen LogP contribution in [-0.4, -0.2) is 74.9 Å². The molecule has 41 heavy (non-hydrogen) atoms. The fraction of sp³-hybridized carbons (Fsp3) is 0.879. The lowest BCUT2D eigenvalue weighted by Gasteiger charge is -2.49. The Morgan fingerprint density at radius 1 is 0.610 bits per heavy atom. The highest BCUT2D eigenvalue weighted by Gasteiger charge is 2.43. The molecule has 3 heterocycles. The predicted octanol–water partition coefficient (Wildman–Crippen LogP) is 5.21. The molecule has 0 saturated carbocycles. The average Bonchev–Trinajstić information content (AvgIpc) is 2.66. The van der Waals surface area contributed by atoms with Gasteiger partial charge in [-0.2, -0.15) is 0 Å². The van der Waals surface area contributed by atoms with E-state index in [-0.39, 0.29) is 57.1 Å². The van der Waals surface area contributed by atoms with E-state index in [0.29, 0.717) is 32.2 Å². The summed E-state index contributed by atoms with van der Waals surface area (Å²) in [6.07, 6.45) is 5.63. The van der Waals surface area contributed by atoms with Gasteiger partial charge < -0.3 is 30.3 Å². The largest absolute Gasteiger partial charge is 0.458 e. The van der Waals surface area contributed by atoms with Crippen LogP contribution in [0.15, 0.2) is 11.8 Å². The van der Waals surface area contributed by atoms with Gasteiger partial charge in [-0.1, -0.05) is 0 Å². The molecule has 3 saturated heterocycles. The fourth-order valence-corrected chi connectivity index (χ4v) is 8.37. The zero-order valence-electron chi connectivity index (χ0n) is 28.3.